The molecule has 1 aliphatic rings. The molecule has 1 heterocycles. The van der Waals surface area contributed by atoms with E-state index >= 15 is 0 Å². The highest BCUT2D eigenvalue weighted by Gasteiger charge is 2.41. The molecular formula is C24H27N3O2. The number of phenolic OH excluding ortho intramolecular Hbond substituents is 1. The van der Waals surface area contributed by atoms with E-state index in [4.69, 9.17) is 0 Å². The molecule has 5 nitrogen and oxygen atoms in total. The SMILES string of the molecule is CC(C)(C)C1(C)C=C(n2nc3ccccc3n2)C(O)=C(Cc2ccccc2O)C1. The molecule has 0 bridgehead atoms. The van der Waals surface area contributed by atoms with Gasteiger partial charge in [0.15, 0.2) is 0 Å². The van der Waals surface area contributed by atoms with Gasteiger partial charge >= 0.3 is 0 Å². The minimum atomic E-state index is -0.214. The summed E-state index contributed by atoms with van der Waals surface area (Å²) in [6.45, 7) is 8.81. The average molecular weight is 389 g/mol. The number of aliphatic hydroxyl groups excluding tert-OH is 1. The summed E-state index contributed by atoms with van der Waals surface area (Å²) < 4.78 is 0. The molecular weight excluding hydrogens is 362 g/mol. The fraction of sp³-hybridized carbons (Fsp3) is 0.333. The van der Waals surface area contributed by atoms with E-state index in [0.717, 1.165) is 22.2 Å². The third kappa shape index (κ3) is 3.41. The molecule has 0 saturated carbocycles. The van der Waals surface area contributed by atoms with Crippen molar-refractivity contribution in [3.05, 3.63) is 71.5 Å². The summed E-state index contributed by atoms with van der Waals surface area (Å²) in [6, 6.07) is 14.9. The number of phenols is 1. The Kier molecular flexibility index (Phi) is 4.49. The Morgan fingerprint density at radius 3 is 2.14 bits per heavy atom. The Morgan fingerprint density at radius 2 is 1.55 bits per heavy atom. The largest absolute Gasteiger partial charge is 0.508 e. The number of para-hydroxylation sites is 1. The first kappa shape index (κ1) is 19.2. The van der Waals surface area contributed by atoms with Crippen molar-refractivity contribution in [3.63, 3.8) is 0 Å². The summed E-state index contributed by atoms with van der Waals surface area (Å²) in [5, 5.41) is 30.6. The third-order valence-corrected chi connectivity index (χ3v) is 6.22. The first-order valence-electron chi connectivity index (χ1n) is 9.91. The highest BCUT2D eigenvalue weighted by molar-refractivity contribution is 5.75. The molecule has 0 saturated heterocycles. The number of nitrogens with zero attached hydrogens (tertiary/aromatic N) is 3. The average Bonchev–Trinajstić information content (AvgIpc) is 3.09. The maximum atomic E-state index is 11.2. The Morgan fingerprint density at radius 1 is 0.966 bits per heavy atom. The van der Waals surface area contributed by atoms with E-state index in [9.17, 15) is 10.2 Å². The van der Waals surface area contributed by atoms with Crippen LogP contribution in [0.1, 0.15) is 39.7 Å². The lowest BCUT2D eigenvalue weighted by atomic mass is 9.62. The van der Waals surface area contributed by atoms with Gasteiger partial charge in [-0.05, 0) is 52.7 Å². The minimum absolute atomic E-state index is 0.0461. The van der Waals surface area contributed by atoms with Gasteiger partial charge in [-0.15, -0.1) is 15.0 Å². The maximum Gasteiger partial charge on any atom is 0.142 e. The fourth-order valence-corrected chi connectivity index (χ4v) is 3.77. The van der Waals surface area contributed by atoms with Crippen molar-refractivity contribution in [2.24, 2.45) is 10.8 Å². The van der Waals surface area contributed by atoms with E-state index in [2.05, 4.69) is 44.0 Å². The van der Waals surface area contributed by atoms with Crippen molar-refractivity contribution in [2.75, 3.05) is 0 Å². The molecule has 0 radical (unpaired) electrons. The molecule has 150 valence electrons. The Labute approximate surface area is 171 Å². The Hall–Kier alpha value is -3.08. The van der Waals surface area contributed by atoms with Crippen molar-refractivity contribution in [1.82, 2.24) is 15.0 Å². The van der Waals surface area contributed by atoms with Crippen molar-refractivity contribution < 1.29 is 10.2 Å². The van der Waals surface area contributed by atoms with Crippen LogP contribution in [0, 0.1) is 10.8 Å². The molecule has 0 spiro atoms. The first-order valence-corrected chi connectivity index (χ1v) is 9.91. The lowest BCUT2D eigenvalue weighted by Gasteiger charge is -2.43. The molecule has 1 aliphatic carbocycles. The van der Waals surface area contributed by atoms with E-state index in [-0.39, 0.29) is 22.3 Å². The number of benzene rings is 2. The topological polar surface area (TPSA) is 71.2 Å². The molecule has 29 heavy (non-hydrogen) atoms. The molecule has 2 aromatic carbocycles. The van der Waals surface area contributed by atoms with Gasteiger partial charge in [0, 0.05) is 6.42 Å². The summed E-state index contributed by atoms with van der Waals surface area (Å²) in [5.41, 5.74) is 3.57. The summed E-state index contributed by atoms with van der Waals surface area (Å²) in [5.74, 6) is 0.430. The van der Waals surface area contributed by atoms with Gasteiger partial charge in [-0.25, -0.2) is 0 Å². The van der Waals surface area contributed by atoms with Crippen molar-refractivity contribution >= 4 is 16.7 Å². The number of allylic oxidation sites excluding steroid dienone is 3. The van der Waals surface area contributed by atoms with Crippen molar-refractivity contribution in [2.45, 2.75) is 40.5 Å². The number of hydrogen-bond acceptors (Lipinski definition) is 4. The van der Waals surface area contributed by atoms with E-state index in [0.29, 0.717) is 18.5 Å². The maximum absolute atomic E-state index is 11.2. The second-order valence-electron chi connectivity index (χ2n) is 9.11. The number of aromatic hydroxyl groups is 1. The number of aromatic nitrogens is 3. The van der Waals surface area contributed by atoms with Crippen molar-refractivity contribution in [3.8, 4) is 5.75 Å². The Balaban J connectivity index is 1.85. The van der Waals surface area contributed by atoms with Crippen LogP contribution in [0.3, 0.4) is 0 Å². The zero-order valence-corrected chi connectivity index (χ0v) is 17.3. The zero-order chi connectivity index (χ0) is 20.8. The molecule has 0 amide bonds. The highest BCUT2D eigenvalue weighted by atomic mass is 16.3. The lowest BCUT2D eigenvalue weighted by Crippen LogP contribution is -2.35. The molecule has 1 unspecified atom stereocenters. The van der Waals surface area contributed by atoms with Gasteiger partial charge in [0.05, 0.1) is 0 Å². The smallest absolute Gasteiger partial charge is 0.142 e. The van der Waals surface area contributed by atoms with Crippen molar-refractivity contribution in [1.29, 1.82) is 0 Å². The van der Waals surface area contributed by atoms with Crippen LogP contribution in [-0.4, -0.2) is 25.2 Å². The van der Waals surface area contributed by atoms with Crippen LogP contribution in [0.4, 0.5) is 0 Å². The molecule has 4 rings (SSSR count). The molecule has 1 atom stereocenters. The van der Waals surface area contributed by atoms with Crippen LogP contribution in [-0.2, 0) is 6.42 Å². The lowest BCUT2D eigenvalue weighted by molar-refractivity contribution is 0.161. The quantitative estimate of drug-likeness (QED) is 0.621. The van der Waals surface area contributed by atoms with Gasteiger partial charge in [-0.2, -0.15) is 0 Å². The minimum Gasteiger partial charge on any atom is -0.508 e. The number of rotatable bonds is 3. The zero-order valence-electron chi connectivity index (χ0n) is 17.3. The molecule has 3 aromatic rings. The number of aliphatic hydroxyl groups is 1. The molecule has 0 fully saturated rings. The summed E-state index contributed by atoms with van der Waals surface area (Å²) >= 11 is 0. The molecule has 1 aromatic heterocycles. The first-order chi connectivity index (χ1) is 13.7. The van der Waals surface area contributed by atoms with Gasteiger partial charge in [-0.1, -0.05) is 58.0 Å². The fourth-order valence-electron chi connectivity index (χ4n) is 3.77. The molecule has 5 heteroatoms. The second kappa shape index (κ2) is 6.76. The summed E-state index contributed by atoms with van der Waals surface area (Å²) in [4.78, 5) is 1.54. The van der Waals surface area contributed by atoms with Gasteiger partial charge < -0.3 is 10.2 Å². The van der Waals surface area contributed by atoms with Crippen LogP contribution in [0.15, 0.2) is 65.9 Å². The number of fused-ring (bicyclic) bond motifs is 1. The normalized spacial score (nSPS) is 20.2. The van der Waals surface area contributed by atoms with Crippen LogP contribution >= 0.6 is 0 Å². The molecule has 2 N–H and O–H groups in total. The summed E-state index contributed by atoms with van der Waals surface area (Å²) in [7, 11) is 0. The van der Waals surface area contributed by atoms with E-state index in [1.54, 1.807) is 12.1 Å². The van der Waals surface area contributed by atoms with E-state index in [1.165, 1.54) is 4.80 Å². The predicted molar refractivity (Wildman–Crippen MR) is 115 cm³/mol. The summed E-state index contributed by atoms with van der Waals surface area (Å²) in [6.07, 6.45) is 3.26. The van der Waals surface area contributed by atoms with Gasteiger partial charge in [0.1, 0.15) is 28.2 Å². The number of hydrogen-bond donors (Lipinski definition) is 2. The second-order valence-corrected chi connectivity index (χ2v) is 9.11. The van der Waals surface area contributed by atoms with Crippen LogP contribution in [0.25, 0.3) is 16.7 Å². The predicted octanol–water partition coefficient (Wildman–Crippen LogP) is 5.49. The monoisotopic (exact) mass is 389 g/mol. The van der Waals surface area contributed by atoms with Gasteiger partial charge in [-0.3, -0.25) is 0 Å². The van der Waals surface area contributed by atoms with Gasteiger partial charge in [0.2, 0.25) is 0 Å². The van der Waals surface area contributed by atoms with E-state index in [1.807, 2.05) is 36.4 Å². The highest BCUT2D eigenvalue weighted by Crippen LogP contribution is 2.50. The van der Waals surface area contributed by atoms with Gasteiger partial charge in [0.25, 0.3) is 0 Å². The molecule has 0 aliphatic heterocycles. The van der Waals surface area contributed by atoms with Crippen LogP contribution in [0.2, 0.25) is 0 Å². The third-order valence-electron chi connectivity index (χ3n) is 6.22. The standard InChI is InChI=1S/C24H27N3O2/c1-23(2,3)24(4)14-17(13-16-9-5-8-12-21(16)28)22(29)20(15-24)27-25-18-10-6-7-11-19(18)26-27/h5-12,15,28-29H,13-14H2,1-4H3. The Bertz CT molecular complexity index is 1100. The van der Waals surface area contributed by atoms with E-state index < -0.39 is 0 Å². The van der Waals surface area contributed by atoms with Crippen LogP contribution in [0.5, 0.6) is 5.75 Å². The van der Waals surface area contributed by atoms with Crippen LogP contribution < -0.4 is 0 Å².